The maximum absolute atomic E-state index is 13.7. The number of aromatic nitrogens is 1. The molecule has 1 aliphatic rings. The van der Waals surface area contributed by atoms with Crippen LogP contribution < -0.4 is 19.6 Å². The summed E-state index contributed by atoms with van der Waals surface area (Å²) >= 11 is 1.28. The first-order valence-electron chi connectivity index (χ1n) is 10.8. The molecule has 1 aromatic heterocycles. The third-order valence-corrected chi connectivity index (χ3v) is 7.00. The molecule has 7 heteroatoms. The summed E-state index contributed by atoms with van der Waals surface area (Å²) in [4.78, 5) is 31.8. The molecule has 1 N–H and O–H groups in total. The summed E-state index contributed by atoms with van der Waals surface area (Å²) in [6.07, 6.45) is 1.77. The third-order valence-electron chi connectivity index (χ3n) is 6.02. The quantitative estimate of drug-likeness (QED) is 0.493. The van der Waals surface area contributed by atoms with Crippen molar-refractivity contribution in [3.8, 4) is 11.5 Å². The molecule has 0 radical (unpaired) electrons. The SMILES string of the molecule is COc1ccc2ccccc2c1C1C(C(C)=O)=C(C)N=c2sc(=Cc3ccc(O)cc3)c(=O)n21. The van der Waals surface area contributed by atoms with E-state index in [4.69, 9.17) is 4.74 Å². The van der Waals surface area contributed by atoms with E-state index in [1.807, 2.05) is 36.4 Å². The molecule has 0 saturated heterocycles. The van der Waals surface area contributed by atoms with Crippen LogP contribution in [0, 0.1) is 0 Å². The second-order valence-corrected chi connectivity index (χ2v) is 9.14. The number of nitrogens with zero attached hydrogens (tertiary/aromatic N) is 2. The Morgan fingerprint density at radius 2 is 1.85 bits per heavy atom. The van der Waals surface area contributed by atoms with Gasteiger partial charge in [-0.15, -0.1) is 0 Å². The van der Waals surface area contributed by atoms with Crippen molar-refractivity contribution in [1.29, 1.82) is 0 Å². The third kappa shape index (κ3) is 3.54. The van der Waals surface area contributed by atoms with E-state index < -0.39 is 6.04 Å². The number of carbonyl (C=O) groups excluding carboxylic acids is 1. The Hall–Kier alpha value is -3.97. The number of hydrogen-bond donors (Lipinski definition) is 1. The lowest BCUT2D eigenvalue weighted by Gasteiger charge is -2.27. The number of methoxy groups -OCH3 is 1. The molecule has 0 spiro atoms. The fourth-order valence-corrected chi connectivity index (χ4v) is 5.55. The smallest absolute Gasteiger partial charge is 0.271 e. The van der Waals surface area contributed by atoms with E-state index in [9.17, 15) is 14.7 Å². The van der Waals surface area contributed by atoms with Gasteiger partial charge in [-0.05, 0) is 54.5 Å². The van der Waals surface area contributed by atoms with Gasteiger partial charge in [0.25, 0.3) is 5.56 Å². The Morgan fingerprint density at radius 1 is 1.12 bits per heavy atom. The Kier molecular flexibility index (Phi) is 5.42. The van der Waals surface area contributed by atoms with Gasteiger partial charge in [-0.2, -0.15) is 0 Å². The first-order chi connectivity index (χ1) is 16.4. The standard InChI is InChI=1S/C27H22N2O4S/c1-15-23(16(2)30)25(24-20-7-5-4-6-18(20)10-13-21(24)33-3)29-26(32)22(34-27(29)28-15)14-17-8-11-19(31)12-9-17/h4-14,25,31H,1-3H3. The topological polar surface area (TPSA) is 80.9 Å². The van der Waals surface area contributed by atoms with Gasteiger partial charge < -0.3 is 9.84 Å². The predicted octanol–water partition coefficient (Wildman–Crippen LogP) is 3.69. The lowest BCUT2D eigenvalue weighted by atomic mass is 9.89. The molecule has 1 unspecified atom stereocenters. The summed E-state index contributed by atoms with van der Waals surface area (Å²) in [5.41, 5.74) is 2.37. The minimum Gasteiger partial charge on any atom is -0.508 e. The van der Waals surface area contributed by atoms with E-state index in [-0.39, 0.29) is 17.1 Å². The molecule has 0 bridgehead atoms. The number of carbonyl (C=O) groups is 1. The van der Waals surface area contributed by atoms with Crippen LogP contribution in [0.25, 0.3) is 16.8 Å². The van der Waals surface area contributed by atoms with E-state index in [1.54, 1.807) is 48.9 Å². The Bertz CT molecular complexity index is 1660. The lowest BCUT2D eigenvalue weighted by molar-refractivity contribution is -0.114. The highest BCUT2D eigenvalue weighted by atomic mass is 32.1. The Morgan fingerprint density at radius 3 is 2.56 bits per heavy atom. The van der Waals surface area contributed by atoms with E-state index in [0.717, 1.165) is 21.9 Å². The van der Waals surface area contributed by atoms with Crippen LogP contribution in [-0.2, 0) is 4.79 Å². The first-order valence-corrected chi connectivity index (χ1v) is 11.6. The van der Waals surface area contributed by atoms with Gasteiger partial charge in [0.2, 0.25) is 0 Å². The van der Waals surface area contributed by atoms with Gasteiger partial charge in [-0.25, -0.2) is 4.99 Å². The molecule has 3 aromatic carbocycles. The Balaban J connectivity index is 1.86. The number of allylic oxidation sites excluding steroid dienone is 2. The van der Waals surface area contributed by atoms with Gasteiger partial charge in [0.15, 0.2) is 10.6 Å². The van der Waals surface area contributed by atoms with Crippen molar-refractivity contribution in [2.24, 2.45) is 4.99 Å². The molecule has 0 saturated carbocycles. The van der Waals surface area contributed by atoms with E-state index in [0.29, 0.717) is 26.4 Å². The molecular formula is C27H22N2O4S. The first kappa shape index (κ1) is 21.9. The minimum atomic E-state index is -0.670. The van der Waals surface area contributed by atoms with E-state index >= 15 is 0 Å². The van der Waals surface area contributed by atoms with Crippen molar-refractivity contribution in [1.82, 2.24) is 4.57 Å². The second-order valence-electron chi connectivity index (χ2n) is 8.13. The summed E-state index contributed by atoms with van der Waals surface area (Å²) in [7, 11) is 1.59. The highest BCUT2D eigenvalue weighted by Gasteiger charge is 2.33. The van der Waals surface area contributed by atoms with Gasteiger partial charge in [0.05, 0.1) is 17.7 Å². The highest BCUT2D eigenvalue weighted by Crippen LogP contribution is 2.40. The number of ketones is 1. The van der Waals surface area contributed by atoms with E-state index in [1.165, 1.54) is 18.3 Å². The number of rotatable bonds is 4. The average Bonchev–Trinajstić information content (AvgIpc) is 3.13. The summed E-state index contributed by atoms with van der Waals surface area (Å²) in [5.74, 6) is 0.614. The summed E-state index contributed by atoms with van der Waals surface area (Å²) in [6, 6.07) is 17.7. The number of Topliss-reactive ketones (excluding diaryl/α,β-unsaturated/α-hetero) is 1. The van der Waals surface area contributed by atoms with Crippen LogP contribution >= 0.6 is 11.3 Å². The molecule has 5 rings (SSSR count). The summed E-state index contributed by atoms with van der Waals surface area (Å²) in [5, 5.41) is 11.5. The molecule has 0 fully saturated rings. The molecule has 34 heavy (non-hydrogen) atoms. The minimum absolute atomic E-state index is 0.144. The van der Waals surface area contributed by atoms with Gasteiger partial charge in [0, 0.05) is 16.8 Å². The van der Waals surface area contributed by atoms with Gasteiger partial charge in [0.1, 0.15) is 11.5 Å². The molecule has 0 amide bonds. The number of fused-ring (bicyclic) bond motifs is 2. The molecule has 0 aliphatic carbocycles. The van der Waals surface area contributed by atoms with Gasteiger partial charge in [-0.3, -0.25) is 14.2 Å². The van der Waals surface area contributed by atoms with Crippen molar-refractivity contribution in [2.45, 2.75) is 19.9 Å². The largest absolute Gasteiger partial charge is 0.508 e. The van der Waals surface area contributed by atoms with Crippen LogP contribution in [0.15, 0.2) is 81.7 Å². The lowest BCUT2D eigenvalue weighted by Crippen LogP contribution is -2.39. The van der Waals surface area contributed by atoms with Crippen LogP contribution in [0.3, 0.4) is 0 Å². The number of benzene rings is 3. The molecule has 6 nitrogen and oxygen atoms in total. The Labute approximate surface area is 199 Å². The average molecular weight is 471 g/mol. The van der Waals surface area contributed by atoms with Crippen molar-refractivity contribution >= 4 is 34.0 Å². The normalized spacial score (nSPS) is 15.9. The maximum atomic E-state index is 13.7. The zero-order valence-corrected chi connectivity index (χ0v) is 19.7. The number of hydrogen-bond acceptors (Lipinski definition) is 6. The molecule has 4 aromatic rings. The number of phenols is 1. The van der Waals surface area contributed by atoms with Gasteiger partial charge >= 0.3 is 0 Å². The van der Waals surface area contributed by atoms with Crippen LogP contribution in [0.4, 0.5) is 0 Å². The summed E-state index contributed by atoms with van der Waals surface area (Å²) in [6.45, 7) is 3.31. The van der Waals surface area contributed by atoms with Crippen LogP contribution in [0.2, 0.25) is 0 Å². The zero-order chi connectivity index (χ0) is 24.0. The fraction of sp³-hybridized carbons (Fsp3) is 0.148. The van der Waals surface area contributed by atoms with Crippen LogP contribution in [0.1, 0.15) is 31.0 Å². The monoisotopic (exact) mass is 470 g/mol. The van der Waals surface area contributed by atoms with Crippen molar-refractivity contribution in [2.75, 3.05) is 7.11 Å². The number of thiazole rings is 1. The molecule has 2 heterocycles. The molecule has 170 valence electrons. The highest BCUT2D eigenvalue weighted by molar-refractivity contribution is 7.07. The summed E-state index contributed by atoms with van der Waals surface area (Å²) < 4.78 is 7.82. The zero-order valence-electron chi connectivity index (χ0n) is 18.9. The molecule has 1 aliphatic heterocycles. The van der Waals surface area contributed by atoms with Gasteiger partial charge in [-0.1, -0.05) is 53.8 Å². The molecular weight excluding hydrogens is 448 g/mol. The fourth-order valence-electron chi connectivity index (χ4n) is 4.50. The molecule has 1 atom stereocenters. The second kappa shape index (κ2) is 8.43. The van der Waals surface area contributed by atoms with Crippen molar-refractivity contribution in [3.05, 3.63) is 103 Å². The van der Waals surface area contributed by atoms with Crippen molar-refractivity contribution in [3.63, 3.8) is 0 Å². The van der Waals surface area contributed by atoms with Crippen molar-refractivity contribution < 1.29 is 14.6 Å². The maximum Gasteiger partial charge on any atom is 0.271 e. The predicted molar refractivity (Wildman–Crippen MR) is 133 cm³/mol. The number of phenolic OH excluding ortho intramolecular Hbond substituents is 1. The van der Waals surface area contributed by atoms with E-state index in [2.05, 4.69) is 4.99 Å². The number of ether oxygens (including phenoxy) is 1. The number of aromatic hydroxyl groups is 1. The van der Waals surface area contributed by atoms with Crippen LogP contribution in [0.5, 0.6) is 11.5 Å². The van der Waals surface area contributed by atoms with Crippen LogP contribution in [-0.4, -0.2) is 22.6 Å².